The van der Waals surface area contributed by atoms with Crippen LogP contribution in [0.1, 0.15) is 75.3 Å². The van der Waals surface area contributed by atoms with Crippen LogP contribution in [0.5, 0.6) is 5.75 Å². The van der Waals surface area contributed by atoms with Crippen molar-refractivity contribution in [2.24, 2.45) is 45.7 Å². The van der Waals surface area contributed by atoms with Gasteiger partial charge in [0.05, 0.1) is 52.2 Å². The van der Waals surface area contributed by atoms with Crippen LogP contribution in [0, 0.1) is 11.3 Å². The quantitative estimate of drug-likeness (QED) is 0.0368. The molecule has 2 aromatic carbocycles. The third kappa shape index (κ3) is 11.7. The third-order valence-electron chi connectivity index (χ3n) is 23.1. The van der Waals surface area contributed by atoms with E-state index in [1.807, 2.05) is 37.1 Å². The number of likely N-dealkylation sites (N-methyl/N-ethyl adjacent to an activating group) is 1. The molecule has 6 fully saturated rings. The van der Waals surface area contributed by atoms with Gasteiger partial charge in [-0.15, -0.1) is 0 Å². The van der Waals surface area contributed by atoms with E-state index in [2.05, 4.69) is 58.1 Å². The number of aromatic nitrogens is 1. The molecule has 2 bridgehead atoms. The normalized spacial score (nSPS) is 42.9. The number of aliphatic hydroxyl groups is 8. The zero-order valence-electron chi connectivity index (χ0n) is 56.9. The van der Waals surface area contributed by atoms with Crippen molar-refractivity contribution >= 4 is 34.5 Å². The lowest BCUT2D eigenvalue weighted by atomic mass is 9.47. The molecule has 3 aromatic rings. The average molecular weight is 1390 g/mol. The lowest BCUT2D eigenvalue weighted by molar-refractivity contribution is -0.306. The molecule has 10 aliphatic rings. The minimum Gasteiger partial charge on any atom is -0.496 e. The summed E-state index contributed by atoms with van der Waals surface area (Å²) in [5.74, 6) is -1.31. The number of nitrogens with one attached hydrogen (secondary N) is 1. The van der Waals surface area contributed by atoms with Crippen LogP contribution >= 0.6 is 0 Å². The molecule has 8 aliphatic heterocycles. The van der Waals surface area contributed by atoms with Crippen LogP contribution in [0.15, 0.2) is 60.2 Å². The van der Waals surface area contributed by atoms with Gasteiger partial charge in [0.1, 0.15) is 78.3 Å². The van der Waals surface area contributed by atoms with E-state index in [1.54, 1.807) is 7.11 Å². The molecule has 31 heteroatoms. The molecule has 99 heavy (non-hydrogen) atoms. The Morgan fingerprint density at radius 1 is 0.747 bits per heavy atom. The van der Waals surface area contributed by atoms with Crippen LogP contribution in [-0.4, -0.2) is 288 Å². The number of esters is 3. The maximum atomic E-state index is 15.2. The van der Waals surface area contributed by atoms with Crippen LogP contribution in [0.25, 0.3) is 10.9 Å². The highest BCUT2D eigenvalue weighted by atomic mass is 16.8. The van der Waals surface area contributed by atoms with Gasteiger partial charge in [0, 0.05) is 116 Å². The Kier molecular flexibility index (Phi) is 21.0. The summed E-state index contributed by atoms with van der Waals surface area (Å²) >= 11 is 0. The van der Waals surface area contributed by atoms with E-state index in [4.69, 9.17) is 81.8 Å². The maximum Gasteiger partial charge on any atom is 0.344 e. The highest BCUT2D eigenvalue weighted by Gasteiger charge is 2.80. The summed E-state index contributed by atoms with van der Waals surface area (Å²) in [4.78, 5) is 53.1. The smallest absolute Gasteiger partial charge is 0.344 e. The van der Waals surface area contributed by atoms with Gasteiger partial charge >= 0.3 is 17.9 Å². The number of benzene rings is 2. The number of nitrogens with zero attached hydrogens (tertiary/aromatic N) is 3. The van der Waals surface area contributed by atoms with Crippen LogP contribution in [-0.2, 0) is 74.4 Å². The lowest BCUT2D eigenvalue weighted by Crippen LogP contribution is -2.81. The van der Waals surface area contributed by atoms with Crippen molar-refractivity contribution in [3.63, 3.8) is 0 Å². The number of hydrogen-bond acceptors (Lipinski definition) is 30. The van der Waals surface area contributed by atoms with E-state index in [9.17, 15) is 50.4 Å². The zero-order chi connectivity index (χ0) is 71.3. The third-order valence-corrected chi connectivity index (χ3v) is 23.1. The number of aromatic amines is 1. The van der Waals surface area contributed by atoms with Crippen molar-refractivity contribution < 1.29 is 103 Å². The number of para-hydroxylation sites is 1. The molecule has 1 spiro atoms. The molecule has 9 heterocycles. The Balaban J connectivity index is 0.000000198. The van der Waals surface area contributed by atoms with E-state index in [0.29, 0.717) is 50.2 Å². The number of ether oxygens (including phenoxy) is 10. The second-order valence-corrected chi connectivity index (χ2v) is 28.4. The number of anilines is 1. The van der Waals surface area contributed by atoms with E-state index in [1.165, 1.54) is 26.7 Å². The van der Waals surface area contributed by atoms with Crippen LogP contribution in [0.2, 0.25) is 0 Å². The molecule has 2 unspecified atom stereocenters. The molecule has 548 valence electrons. The number of carbonyl (C=O) groups is 3. The van der Waals surface area contributed by atoms with Crippen molar-refractivity contribution in [2.45, 2.75) is 210 Å². The molecule has 13 rings (SSSR count). The molecular formula is C68H100N10O21. The largest absolute Gasteiger partial charge is 0.496 e. The highest BCUT2D eigenvalue weighted by molar-refractivity contribution is 5.95. The molecule has 4 saturated heterocycles. The van der Waals surface area contributed by atoms with Gasteiger partial charge in [-0.1, -0.05) is 55.8 Å². The number of H-pyrrole nitrogens is 1. The Labute approximate surface area is 573 Å². The van der Waals surface area contributed by atoms with Gasteiger partial charge in [0.15, 0.2) is 25.0 Å². The molecule has 1 aromatic heterocycles. The summed E-state index contributed by atoms with van der Waals surface area (Å²) in [6, 6.07) is 6.97. The maximum absolute atomic E-state index is 15.2. The first-order valence-electron chi connectivity index (χ1n) is 34.2. The Bertz CT molecular complexity index is 3510. The van der Waals surface area contributed by atoms with Gasteiger partial charge in [0.2, 0.25) is 5.60 Å². The summed E-state index contributed by atoms with van der Waals surface area (Å²) in [5.41, 5.74) is 36.7. The number of fused-ring (bicyclic) bond motifs is 6. The van der Waals surface area contributed by atoms with E-state index >= 15 is 4.79 Å². The number of nitrogens with two attached hydrogens (primary N) is 6. The standard InChI is InChI=1S/C45H54N4O8.C23H46N6O13/c1-8-27-19-28-22-44(40(51)55-6,36-30(25-48(23-27)24-28)29-13-10-11-14-33(29)46-36)32-20-31-34(21-35(32)54-5)47(4)38-43(31)16-18-49-17-12-15-42(9-2,37(43)49)39(57-26(3)50)45(38,53)41(52)56-7;24-2-7-13(32)15(34)10(28)21(37-7)40-18-6(27)1-5(26)12(31)20(18)42-23-17(36)19(9(4-30)39-23)41-22-11(29)16(35)14(33)8(3-25)38-22/h10-15,19-21,28,37-39,46,53H,8-9,16-18,22-25H2,1-7H3;5-23,30-36H,1-4,24-29H2/t28?,37-,38+,39+,42+,43+,44-,45-;5-,6+,7-,8+,9-,10-,11-,12+,13-,14-,15-,16-,17-,18-,19-,20-,21-,22-,23+/m01/s1. The number of carbonyl (C=O) groups excluding carboxylic acids is 3. The highest BCUT2D eigenvalue weighted by Crippen LogP contribution is 2.68. The van der Waals surface area contributed by atoms with Gasteiger partial charge in [-0.05, 0) is 67.8 Å². The summed E-state index contributed by atoms with van der Waals surface area (Å²) in [5, 5.41) is 87.3. The first-order valence-corrected chi connectivity index (χ1v) is 34.2. The molecular weight excluding hydrogens is 1290 g/mol. The zero-order valence-corrected chi connectivity index (χ0v) is 56.9. The minimum absolute atomic E-state index is 0.0284. The van der Waals surface area contributed by atoms with Gasteiger partial charge in [-0.2, -0.15) is 0 Å². The SMILES string of the molecule is CCC1=CC2CN(C1)Cc1c([nH]c3ccccc13)[C@@](C(=O)OC)(c1cc3c(cc1OC)N(C)[C@H]1[C@@](O)(C(=O)OC)[C@H](OC(C)=O)[C@]4(CC)C=CCN5CC[C@]31[C@@H]54)C2.NC[C@@H]1O[C@H](O[C@H]2[C@@H](O)[C@H](O[C@@H]3[C@@H](O)[C@H](N)C[C@H](N)[C@H]3O[C@H]3O[C@H](CN)[C@@H](O)[C@H](O)[C@H]3N)O[C@@H]2CO)[C@H](N)[C@@H](O)[C@@H]1O. The second-order valence-electron chi connectivity index (χ2n) is 28.4. The van der Waals surface area contributed by atoms with Gasteiger partial charge in [-0.25, -0.2) is 4.79 Å². The minimum atomic E-state index is -2.27. The summed E-state index contributed by atoms with van der Waals surface area (Å²) in [7, 11) is 6.22. The number of aliphatic hydroxyl groups excluding tert-OH is 7. The molecule has 28 atom stereocenters. The predicted octanol–water partition coefficient (Wildman–Crippen LogP) is -4.14. The van der Waals surface area contributed by atoms with E-state index < -0.39 is 169 Å². The van der Waals surface area contributed by atoms with Crippen LogP contribution < -0.4 is 44.0 Å². The van der Waals surface area contributed by atoms with Gasteiger partial charge in [0.25, 0.3) is 0 Å². The van der Waals surface area contributed by atoms with Crippen molar-refractivity contribution in [2.75, 3.05) is 79.2 Å². The summed E-state index contributed by atoms with van der Waals surface area (Å²) in [6.07, 6.45) is -12.1. The van der Waals surface area contributed by atoms with Crippen molar-refractivity contribution in [3.05, 3.63) is 82.6 Å². The fourth-order valence-electron chi connectivity index (χ4n) is 18.6. The van der Waals surface area contributed by atoms with Gasteiger partial charge < -0.3 is 133 Å². The molecule has 21 N–H and O–H groups in total. The van der Waals surface area contributed by atoms with Gasteiger partial charge in [-0.3, -0.25) is 19.4 Å². The Morgan fingerprint density at radius 2 is 1.38 bits per heavy atom. The fourth-order valence-corrected chi connectivity index (χ4v) is 18.6. The number of hydrogen-bond donors (Lipinski definition) is 15. The second kappa shape index (κ2) is 28.3. The van der Waals surface area contributed by atoms with Crippen molar-refractivity contribution in [1.82, 2.24) is 14.8 Å². The monoisotopic (exact) mass is 1390 g/mol. The van der Waals surface area contributed by atoms with Crippen molar-refractivity contribution in [1.29, 1.82) is 0 Å². The first-order chi connectivity index (χ1) is 47.2. The Morgan fingerprint density at radius 3 is 1.99 bits per heavy atom. The topological polar surface area (TPSA) is 487 Å². The first kappa shape index (κ1) is 73.3. The fraction of sp³-hybridized carbons (Fsp3) is 0.691. The summed E-state index contributed by atoms with van der Waals surface area (Å²) in [6.45, 7) is 8.22. The molecule has 2 aliphatic carbocycles. The number of methoxy groups -OCH3 is 3. The number of rotatable bonds is 16. The average Bonchev–Trinajstić information content (AvgIpc) is 1.51. The molecule has 31 nitrogen and oxygen atoms in total. The molecule has 0 radical (unpaired) electrons. The lowest BCUT2D eigenvalue weighted by Gasteiger charge is -2.63. The molecule has 2 saturated carbocycles. The van der Waals surface area contributed by atoms with Crippen molar-refractivity contribution in [3.8, 4) is 5.75 Å². The van der Waals surface area contributed by atoms with E-state index in [-0.39, 0.29) is 37.4 Å². The van der Waals surface area contributed by atoms with Crippen LogP contribution in [0.4, 0.5) is 5.69 Å². The van der Waals surface area contributed by atoms with Crippen LogP contribution in [0.3, 0.4) is 0 Å². The Hall–Kier alpha value is -5.41. The van der Waals surface area contributed by atoms with E-state index in [0.717, 1.165) is 52.9 Å². The predicted molar refractivity (Wildman–Crippen MR) is 352 cm³/mol. The summed E-state index contributed by atoms with van der Waals surface area (Å²) < 4.78 is 58.5. The molecule has 0 amide bonds.